The first kappa shape index (κ1) is 36.5. The number of aryl methyl sites for hydroxylation is 1. The highest BCUT2D eigenvalue weighted by Gasteiger charge is 2.41. The highest BCUT2D eigenvalue weighted by atomic mass is 16.5. The van der Waals surface area contributed by atoms with Crippen LogP contribution in [0, 0.1) is 0 Å². The Morgan fingerprint density at radius 2 is 1.70 bits per heavy atom. The van der Waals surface area contributed by atoms with Gasteiger partial charge in [-0.3, -0.25) is 14.5 Å². The van der Waals surface area contributed by atoms with Crippen molar-refractivity contribution < 1.29 is 24.2 Å². The van der Waals surface area contributed by atoms with Crippen LogP contribution < -0.4 is 15.0 Å². The fourth-order valence-electron chi connectivity index (χ4n) is 9.95. The minimum atomic E-state index is -0.444. The fraction of sp³-hybridized carbons (Fsp3) is 0.404. The van der Waals surface area contributed by atoms with Crippen molar-refractivity contribution in [3.63, 3.8) is 0 Å². The molecule has 3 fully saturated rings. The van der Waals surface area contributed by atoms with E-state index in [1.165, 1.54) is 22.3 Å². The molecule has 1 spiro atoms. The Morgan fingerprint density at radius 3 is 2.50 bits per heavy atom. The summed E-state index contributed by atoms with van der Waals surface area (Å²) in [4.78, 5) is 32.6. The van der Waals surface area contributed by atoms with Crippen molar-refractivity contribution in [2.45, 2.75) is 75.0 Å². The third kappa shape index (κ3) is 7.30. The van der Waals surface area contributed by atoms with Gasteiger partial charge in [-0.15, -0.1) is 0 Å². The van der Waals surface area contributed by atoms with Crippen molar-refractivity contribution in [3.8, 4) is 11.5 Å². The number of ether oxygens (including phenoxy) is 2. The summed E-state index contributed by atoms with van der Waals surface area (Å²) in [6.45, 7) is 10.4. The zero-order chi connectivity index (χ0) is 38.2. The number of anilines is 1. The number of fused-ring (bicyclic) bond motifs is 2. The first-order valence-corrected chi connectivity index (χ1v) is 20.5. The molecule has 2 N–H and O–H groups in total. The van der Waals surface area contributed by atoms with Gasteiger partial charge in [0.25, 0.3) is 5.91 Å². The van der Waals surface area contributed by atoms with Gasteiger partial charge >= 0.3 is 0 Å². The predicted octanol–water partition coefficient (Wildman–Crippen LogP) is 7.14. The molecule has 0 radical (unpaired) electrons. The number of morpholine rings is 1. The summed E-state index contributed by atoms with van der Waals surface area (Å²) in [6, 6.07) is 31.1. The van der Waals surface area contributed by atoms with Gasteiger partial charge in [-0.25, -0.2) is 0 Å². The second-order valence-electron chi connectivity index (χ2n) is 16.4. The quantitative estimate of drug-likeness (QED) is 0.176. The third-order valence-electron chi connectivity index (χ3n) is 12.9. The van der Waals surface area contributed by atoms with E-state index in [0.29, 0.717) is 43.2 Å². The molecule has 2 amide bonds. The number of phenols is 1. The number of nitrogens with zero attached hydrogens (tertiary/aromatic N) is 3. The van der Waals surface area contributed by atoms with Crippen molar-refractivity contribution in [3.05, 3.63) is 137 Å². The molecule has 9 rings (SSSR count). The molecule has 5 aliphatic rings. The molecule has 290 valence electrons. The monoisotopic (exact) mass is 752 g/mol. The molecule has 4 heterocycles. The van der Waals surface area contributed by atoms with Gasteiger partial charge in [0.2, 0.25) is 5.91 Å². The predicted molar refractivity (Wildman–Crippen MR) is 217 cm³/mol. The summed E-state index contributed by atoms with van der Waals surface area (Å²) in [6.07, 6.45) is 6.18. The van der Waals surface area contributed by atoms with E-state index in [2.05, 4.69) is 94.5 Å². The van der Waals surface area contributed by atoms with Gasteiger partial charge in [-0.05, 0) is 121 Å². The maximum absolute atomic E-state index is 13.2. The number of rotatable bonds is 9. The summed E-state index contributed by atoms with van der Waals surface area (Å²) in [5.74, 6) is 1.64. The van der Waals surface area contributed by atoms with Crippen molar-refractivity contribution in [2.24, 2.45) is 0 Å². The molecule has 9 heteroatoms. The number of hydrogen-bond donors (Lipinski definition) is 2. The maximum atomic E-state index is 13.2. The summed E-state index contributed by atoms with van der Waals surface area (Å²) in [5.41, 5.74) is 8.60. The summed E-state index contributed by atoms with van der Waals surface area (Å²) >= 11 is 0. The van der Waals surface area contributed by atoms with Crippen LogP contribution in [0.25, 0.3) is 0 Å². The van der Waals surface area contributed by atoms with E-state index in [0.717, 1.165) is 94.1 Å². The highest BCUT2D eigenvalue weighted by Crippen LogP contribution is 2.47. The van der Waals surface area contributed by atoms with Gasteiger partial charge < -0.3 is 29.7 Å². The van der Waals surface area contributed by atoms with Crippen molar-refractivity contribution in [2.75, 3.05) is 50.8 Å². The summed E-state index contributed by atoms with van der Waals surface area (Å²) in [7, 11) is 0. The van der Waals surface area contributed by atoms with Gasteiger partial charge in [-0.2, -0.15) is 0 Å². The third-order valence-corrected chi connectivity index (χ3v) is 12.9. The number of amides is 2. The van der Waals surface area contributed by atoms with E-state index in [-0.39, 0.29) is 23.3 Å². The molecule has 3 atom stereocenters. The number of phenolic OH excluding ortho intramolecular Hbond substituents is 1. The number of carbonyl (C=O) groups excluding carboxylic acids is 2. The lowest BCUT2D eigenvalue weighted by Crippen LogP contribution is -2.57. The Hall–Kier alpha value is -5.12. The Labute approximate surface area is 329 Å². The Balaban J connectivity index is 0.764. The lowest BCUT2D eigenvalue weighted by molar-refractivity contribution is -0.126. The van der Waals surface area contributed by atoms with E-state index in [1.54, 1.807) is 4.90 Å². The first-order valence-electron chi connectivity index (χ1n) is 20.5. The van der Waals surface area contributed by atoms with Crippen LogP contribution in [-0.2, 0) is 22.5 Å². The smallest absolute Gasteiger partial charge is 0.255 e. The number of piperidine rings is 2. The molecule has 1 aliphatic carbocycles. The topological polar surface area (TPSA) is 94.6 Å². The van der Waals surface area contributed by atoms with E-state index >= 15 is 0 Å². The standard InChI is InChI=1S/C47H52N4O5/c1-32-8-19-43(45(53)48-32)51-30-36-28-37(12-17-42(36)46(51)54)50-23-20-47(21-24-50)31-49(25-27-56-47)22-5-26-55-39-14-9-34(10-15-39)44-40(33-6-3-2-4-7-33)16-11-35-29-38(52)13-18-41(35)44/h2-4,6-7,9-10,12-15,17-18,28-29,40,43-44,52H,1,5,8,11,16,19-27,30-31H2,(H,48,53)/t40-,43?,44+/m1/s1. The molecule has 0 bridgehead atoms. The van der Waals surface area contributed by atoms with Crippen LogP contribution >= 0.6 is 0 Å². The van der Waals surface area contributed by atoms with Crippen LogP contribution in [0.15, 0.2) is 103 Å². The van der Waals surface area contributed by atoms with Crippen molar-refractivity contribution >= 4 is 17.5 Å². The average molecular weight is 753 g/mol. The number of benzene rings is 4. The van der Waals surface area contributed by atoms with Crippen LogP contribution in [0.3, 0.4) is 0 Å². The molecule has 56 heavy (non-hydrogen) atoms. The van der Waals surface area contributed by atoms with Gasteiger partial charge in [0, 0.05) is 62.1 Å². The van der Waals surface area contributed by atoms with Gasteiger partial charge in [0.15, 0.2) is 0 Å². The van der Waals surface area contributed by atoms with Gasteiger partial charge in [0.05, 0.1) is 18.8 Å². The molecular weight excluding hydrogens is 701 g/mol. The minimum absolute atomic E-state index is 0.0580. The van der Waals surface area contributed by atoms with Crippen LogP contribution in [0.4, 0.5) is 5.69 Å². The number of nitrogens with one attached hydrogen (secondary N) is 1. The Bertz CT molecular complexity index is 2090. The average Bonchev–Trinajstić information content (AvgIpc) is 3.54. The number of aromatic hydroxyl groups is 1. The molecule has 0 aromatic heterocycles. The zero-order valence-corrected chi connectivity index (χ0v) is 32.1. The van der Waals surface area contributed by atoms with Crippen LogP contribution in [0.5, 0.6) is 11.5 Å². The molecule has 3 saturated heterocycles. The molecule has 1 unspecified atom stereocenters. The minimum Gasteiger partial charge on any atom is -0.508 e. The molecule has 4 aromatic carbocycles. The molecule has 4 aromatic rings. The molecule has 4 aliphatic heterocycles. The molecule has 9 nitrogen and oxygen atoms in total. The summed E-state index contributed by atoms with van der Waals surface area (Å²) in [5, 5.41) is 13.0. The van der Waals surface area contributed by atoms with E-state index < -0.39 is 6.04 Å². The largest absolute Gasteiger partial charge is 0.508 e. The van der Waals surface area contributed by atoms with Gasteiger partial charge in [-0.1, -0.05) is 55.1 Å². The Morgan fingerprint density at radius 1 is 0.875 bits per heavy atom. The number of allylic oxidation sites excluding steroid dienone is 1. The summed E-state index contributed by atoms with van der Waals surface area (Å²) < 4.78 is 12.8. The molecule has 0 saturated carbocycles. The normalized spacial score (nSPS) is 23.5. The first-order chi connectivity index (χ1) is 27.3. The second kappa shape index (κ2) is 15.4. The fourth-order valence-corrected chi connectivity index (χ4v) is 9.95. The SMILES string of the molecule is C=C1CCC(N2Cc3cc(N4CCC5(CC4)CN(CCCOc4ccc([C@@H]6c7ccc(O)cc7CC[C@@H]6c6ccccc6)cc4)CCO5)ccc3C2=O)C(=O)N1. The van der Waals surface area contributed by atoms with Crippen LogP contribution in [-0.4, -0.2) is 84.3 Å². The van der Waals surface area contributed by atoms with Crippen LogP contribution in [0.1, 0.15) is 88.5 Å². The van der Waals surface area contributed by atoms with Crippen molar-refractivity contribution in [1.82, 2.24) is 15.1 Å². The Kier molecular flexibility index (Phi) is 10.1. The van der Waals surface area contributed by atoms with E-state index in [1.807, 2.05) is 18.2 Å². The van der Waals surface area contributed by atoms with E-state index in [4.69, 9.17) is 9.47 Å². The van der Waals surface area contributed by atoms with Crippen molar-refractivity contribution in [1.29, 1.82) is 0 Å². The highest BCUT2D eigenvalue weighted by molar-refractivity contribution is 6.01. The number of hydrogen-bond acceptors (Lipinski definition) is 7. The van der Waals surface area contributed by atoms with E-state index in [9.17, 15) is 14.7 Å². The number of carbonyl (C=O) groups is 2. The lowest BCUT2D eigenvalue weighted by atomic mass is 9.69. The maximum Gasteiger partial charge on any atom is 0.255 e. The van der Waals surface area contributed by atoms with Gasteiger partial charge in [0.1, 0.15) is 17.5 Å². The lowest BCUT2D eigenvalue weighted by Gasteiger charge is -2.48. The molecular formula is C47H52N4O5. The zero-order valence-electron chi connectivity index (χ0n) is 32.1. The second-order valence-corrected chi connectivity index (χ2v) is 16.4. The van der Waals surface area contributed by atoms with Crippen LogP contribution in [0.2, 0.25) is 0 Å².